The van der Waals surface area contributed by atoms with E-state index in [1.807, 2.05) is 4.90 Å². The molecule has 1 aliphatic carbocycles. The summed E-state index contributed by atoms with van der Waals surface area (Å²) in [5.74, 6) is 1.14. The smallest absolute Gasteiger partial charge is 0.306 e. The van der Waals surface area contributed by atoms with E-state index < -0.39 is 0 Å². The molecule has 7 heteroatoms. The minimum absolute atomic E-state index is 0.0869. The first kappa shape index (κ1) is 23.5. The largest absolute Gasteiger partial charge is 0.462 e. The molecule has 1 aliphatic heterocycles. The van der Waals surface area contributed by atoms with E-state index in [0.29, 0.717) is 24.9 Å². The summed E-state index contributed by atoms with van der Waals surface area (Å²) in [5.41, 5.74) is 0. The van der Waals surface area contributed by atoms with Gasteiger partial charge in [-0.15, -0.1) is 0 Å². The highest BCUT2D eigenvalue weighted by Crippen LogP contribution is 2.21. The van der Waals surface area contributed by atoms with Crippen molar-refractivity contribution in [2.75, 3.05) is 26.7 Å². The van der Waals surface area contributed by atoms with E-state index in [0.717, 1.165) is 64.0 Å². The molecule has 1 amide bonds. The highest BCUT2D eigenvalue weighted by molar-refractivity contribution is 5.80. The molecule has 0 radical (unpaired) electrons. The number of hydrogen-bond donors (Lipinski definition) is 2. The Balaban J connectivity index is 1.61. The lowest BCUT2D eigenvalue weighted by Gasteiger charge is -2.34. The number of carbonyl (C=O) groups is 2. The Morgan fingerprint density at radius 1 is 1.10 bits per heavy atom. The lowest BCUT2D eigenvalue weighted by atomic mass is 9.98. The molecule has 0 aromatic carbocycles. The topological polar surface area (TPSA) is 83.0 Å². The molecule has 2 N–H and O–H groups in total. The Kier molecular flexibility index (Phi) is 10.3. The molecular formula is C22H40N4O3. The Morgan fingerprint density at radius 2 is 1.76 bits per heavy atom. The molecule has 0 bridgehead atoms. The summed E-state index contributed by atoms with van der Waals surface area (Å²) < 4.78 is 5.48. The maximum absolute atomic E-state index is 12.5. The van der Waals surface area contributed by atoms with Crippen molar-refractivity contribution in [1.29, 1.82) is 0 Å². The summed E-state index contributed by atoms with van der Waals surface area (Å²) in [6, 6.07) is 0.319. The van der Waals surface area contributed by atoms with Crippen LogP contribution in [0, 0.1) is 5.92 Å². The zero-order valence-corrected chi connectivity index (χ0v) is 18.5. The van der Waals surface area contributed by atoms with Crippen molar-refractivity contribution in [2.24, 2.45) is 10.9 Å². The number of esters is 1. The number of aliphatic imine (C=N–C) groups is 1. The summed E-state index contributed by atoms with van der Waals surface area (Å²) >= 11 is 0. The average molecular weight is 409 g/mol. The van der Waals surface area contributed by atoms with Crippen LogP contribution < -0.4 is 10.6 Å². The summed E-state index contributed by atoms with van der Waals surface area (Å²) in [4.78, 5) is 30.7. The highest BCUT2D eigenvalue weighted by Gasteiger charge is 2.26. The predicted molar refractivity (Wildman–Crippen MR) is 116 cm³/mol. The summed E-state index contributed by atoms with van der Waals surface area (Å²) in [5, 5.41) is 6.74. The van der Waals surface area contributed by atoms with Gasteiger partial charge in [0.15, 0.2) is 5.96 Å². The first-order chi connectivity index (χ1) is 14.1. The van der Waals surface area contributed by atoms with Crippen LogP contribution in [0.25, 0.3) is 0 Å². The Morgan fingerprint density at radius 3 is 2.34 bits per heavy atom. The number of piperidine rings is 1. The van der Waals surface area contributed by atoms with E-state index in [2.05, 4.69) is 29.5 Å². The molecule has 2 aliphatic rings. The van der Waals surface area contributed by atoms with Gasteiger partial charge < -0.3 is 20.3 Å². The maximum Gasteiger partial charge on any atom is 0.306 e. The fourth-order valence-corrected chi connectivity index (χ4v) is 4.22. The quantitative estimate of drug-likeness (QED) is 0.265. The van der Waals surface area contributed by atoms with Crippen molar-refractivity contribution in [3.8, 4) is 0 Å². The lowest BCUT2D eigenvalue weighted by molar-refractivity contribution is -0.148. The van der Waals surface area contributed by atoms with E-state index >= 15 is 0 Å². The first-order valence-electron chi connectivity index (χ1n) is 11.5. The van der Waals surface area contributed by atoms with Crippen LogP contribution in [0.1, 0.15) is 78.1 Å². The molecule has 1 heterocycles. The summed E-state index contributed by atoms with van der Waals surface area (Å²) in [6.07, 6.45) is 9.39. The number of nitrogens with zero attached hydrogens (tertiary/aromatic N) is 2. The number of ether oxygens (including phenoxy) is 1. The number of hydrogen-bond acceptors (Lipinski definition) is 4. The number of nitrogens with one attached hydrogen (secondary N) is 2. The van der Waals surface area contributed by atoms with Crippen LogP contribution in [-0.4, -0.2) is 61.6 Å². The molecule has 29 heavy (non-hydrogen) atoms. The molecule has 0 aromatic rings. The molecule has 0 unspecified atom stereocenters. The van der Waals surface area contributed by atoms with Crippen molar-refractivity contribution in [2.45, 2.75) is 90.2 Å². The minimum atomic E-state index is -0.0869. The number of likely N-dealkylation sites (tertiary alicyclic amines) is 1. The van der Waals surface area contributed by atoms with Crippen LogP contribution in [0.3, 0.4) is 0 Å². The van der Waals surface area contributed by atoms with E-state index in [9.17, 15) is 9.59 Å². The third-order valence-corrected chi connectivity index (χ3v) is 6.16. The van der Waals surface area contributed by atoms with Gasteiger partial charge in [0.2, 0.25) is 5.91 Å². The Hall–Kier alpha value is -1.79. The third-order valence-electron chi connectivity index (χ3n) is 6.16. The molecule has 0 atom stereocenters. The van der Waals surface area contributed by atoms with Crippen LogP contribution in [0.15, 0.2) is 4.99 Å². The number of amides is 1. The van der Waals surface area contributed by atoms with Crippen molar-refractivity contribution in [3.05, 3.63) is 0 Å². The molecule has 7 nitrogen and oxygen atoms in total. The molecule has 0 aromatic heterocycles. The zero-order valence-electron chi connectivity index (χ0n) is 18.5. The third kappa shape index (κ3) is 7.86. The van der Waals surface area contributed by atoms with Gasteiger partial charge in [0.25, 0.3) is 0 Å². The van der Waals surface area contributed by atoms with Crippen LogP contribution >= 0.6 is 0 Å². The van der Waals surface area contributed by atoms with Gasteiger partial charge in [-0.2, -0.15) is 0 Å². The van der Waals surface area contributed by atoms with E-state index in [-0.39, 0.29) is 18.0 Å². The van der Waals surface area contributed by atoms with Crippen molar-refractivity contribution in [1.82, 2.24) is 15.5 Å². The molecule has 2 rings (SSSR count). The molecule has 0 spiro atoms. The molecule has 2 fully saturated rings. The SMILES string of the molecule is CCC(CC)C(=O)N1CCC(NC(=NC)NCCCC(=O)OC2CCCC2)CC1. The van der Waals surface area contributed by atoms with Gasteiger partial charge in [-0.1, -0.05) is 13.8 Å². The monoisotopic (exact) mass is 408 g/mol. The Labute approximate surface area is 176 Å². The molecule has 1 saturated heterocycles. The van der Waals surface area contributed by atoms with Gasteiger partial charge >= 0.3 is 5.97 Å². The number of carbonyl (C=O) groups excluding carboxylic acids is 2. The highest BCUT2D eigenvalue weighted by atomic mass is 16.5. The fraction of sp³-hybridized carbons (Fsp3) is 0.864. The van der Waals surface area contributed by atoms with Crippen LogP contribution in [0.2, 0.25) is 0 Å². The fourth-order valence-electron chi connectivity index (χ4n) is 4.22. The van der Waals surface area contributed by atoms with Gasteiger partial charge in [-0.05, 0) is 57.8 Å². The lowest BCUT2D eigenvalue weighted by Crippen LogP contribution is -2.50. The zero-order chi connectivity index (χ0) is 21.1. The second-order valence-electron chi connectivity index (χ2n) is 8.26. The van der Waals surface area contributed by atoms with Gasteiger partial charge in [-0.3, -0.25) is 14.6 Å². The normalized spacial score (nSPS) is 18.9. The van der Waals surface area contributed by atoms with Crippen LogP contribution in [0.4, 0.5) is 0 Å². The maximum atomic E-state index is 12.5. The number of guanidine groups is 1. The summed E-state index contributed by atoms with van der Waals surface area (Å²) in [7, 11) is 1.76. The Bertz CT molecular complexity index is 534. The van der Waals surface area contributed by atoms with Crippen LogP contribution in [0.5, 0.6) is 0 Å². The van der Waals surface area contributed by atoms with Crippen molar-refractivity contribution < 1.29 is 14.3 Å². The van der Waals surface area contributed by atoms with E-state index in [1.54, 1.807) is 7.05 Å². The molecule has 166 valence electrons. The van der Waals surface area contributed by atoms with Crippen LogP contribution in [-0.2, 0) is 14.3 Å². The standard InChI is InChI=1S/C22H40N4O3/c1-4-17(5-2)21(28)26-15-12-18(13-16-26)25-22(23-3)24-14-8-11-20(27)29-19-9-6-7-10-19/h17-19H,4-16H2,1-3H3,(H2,23,24,25). The minimum Gasteiger partial charge on any atom is -0.462 e. The second-order valence-corrected chi connectivity index (χ2v) is 8.26. The average Bonchev–Trinajstić information content (AvgIpc) is 3.24. The van der Waals surface area contributed by atoms with Gasteiger partial charge in [-0.25, -0.2) is 0 Å². The van der Waals surface area contributed by atoms with Gasteiger partial charge in [0.05, 0.1) is 0 Å². The van der Waals surface area contributed by atoms with Gasteiger partial charge in [0, 0.05) is 45.1 Å². The van der Waals surface area contributed by atoms with Crippen molar-refractivity contribution >= 4 is 17.8 Å². The number of rotatable bonds is 9. The first-order valence-corrected chi connectivity index (χ1v) is 11.5. The predicted octanol–water partition coefficient (Wildman–Crippen LogP) is 2.84. The van der Waals surface area contributed by atoms with E-state index in [4.69, 9.17) is 4.74 Å². The van der Waals surface area contributed by atoms with Crippen molar-refractivity contribution in [3.63, 3.8) is 0 Å². The second kappa shape index (κ2) is 12.7. The molecule has 1 saturated carbocycles. The van der Waals surface area contributed by atoms with Gasteiger partial charge in [0.1, 0.15) is 6.10 Å². The molecular weight excluding hydrogens is 368 g/mol. The van der Waals surface area contributed by atoms with E-state index in [1.165, 1.54) is 12.8 Å². The summed E-state index contributed by atoms with van der Waals surface area (Å²) in [6.45, 7) is 6.47.